The van der Waals surface area contributed by atoms with Crippen molar-refractivity contribution in [1.82, 2.24) is 5.32 Å². The topological polar surface area (TPSA) is 75.6 Å². The fraction of sp³-hybridized carbons (Fsp3) is 0.692. The Morgan fingerprint density at radius 1 is 1.22 bits per heavy atom. The van der Waals surface area contributed by atoms with Crippen molar-refractivity contribution in [3.8, 4) is 5.75 Å². The third-order valence-electron chi connectivity index (χ3n) is 8.80. The highest BCUT2D eigenvalue weighted by molar-refractivity contribution is 5.97. The number of aliphatic carboxylic acids is 1. The van der Waals surface area contributed by atoms with Crippen LogP contribution >= 0.6 is 0 Å². The van der Waals surface area contributed by atoms with E-state index in [1.807, 2.05) is 6.92 Å². The summed E-state index contributed by atoms with van der Waals surface area (Å²) in [5.74, 6) is 0.619. The summed E-state index contributed by atoms with van der Waals surface area (Å²) < 4.78 is 21.4. The lowest BCUT2D eigenvalue weighted by Gasteiger charge is -2.33. The Balaban J connectivity index is 1.35. The van der Waals surface area contributed by atoms with Gasteiger partial charge in [0.1, 0.15) is 17.6 Å². The highest BCUT2D eigenvalue weighted by atomic mass is 19.1. The molecular weight excluding hydrogens is 409 g/mol. The molecule has 0 aromatic heterocycles. The Labute approximate surface area is 189 Å². The molecule has 5 aliphatic rings. The number of hydrogen-bond donors (Lipinski definition) is 2. The largest absolute Gasteiger partial charge is 0.493 e. The number of ether oxygens (including phenoxy) is 1. The van der Waals surface area contributed by atoms with Crippen molar-refractivity contribution in [2.75, 3.05) is 6.61 Å². The molecule has 5 nitrogen and oxygen atoms in total. The second-order valence-electron chi connectivity index (χ2n) is 11.0. The number of rotatable bonds is 9. The number of carbonyl (C=O) groups excluding carboxylic acids is 1. The molecule has 5 fully saturated rings. The summed E-state index contributed by atoms with van der Waals surface area (Å²) in [6, 6.07) is 1.92. The summed E-state index contributed by atoms with van der Waals surface area (Å²) in [5.41, 5.74) is 1.06. The van der Waals surface area contributed by atoms with Gasteiger partial charge in [-0.15, -0.1) is 0 Å². The molecule has 0 heterocycles. The van der Waals surface area contributed by atoms with Gasteiger partial charge in [-0.2, -0.15) is 0 Å². The highest BCUT2D eigenvalue weighted by Gasteiger charge is 2.58. The minimum atomic E-state index is -1.10. The van der Waals surface area contributed by atoms with Crippen LogP contribution in [0.5, 0.6) is 5.75 Å². The first-order valence-corrected chi connectivity index (χ1v) is 12.3. The average molecular weight is 444 g/mol. The molecule has 2 N–H and O–H groups in total. The minimum Gasteiger partial charge on any atom is -0.493 e. The lowest BCUT2D eigenvalue weighted by atomic mass is 9.76. The van der Waals surface area contributed by atoms with E-state index in [2.05, 4.69) is 5.32 Å². The lowest BCUT2D eigenvalue weighted by Crippen LogP contribution is -2.45. The zero-order valence-electron chi connectivity index (χ0n) is 19.0. The van der Waals surface area contributed by atoms with E-state index in [0.717, 1.165) is 36.2 Å². The first-order chi connectivity index (χ1) is 15.3. The molecule has 0 saturated heterocycles. The molecule has 1 aromatic rings. The summed E-state index contributed by atoms with van der Waals surface area (Å²) in [6.45, 7) is 4.28. The van der Waals surface area contributed by atoms with Crippen LogP contribution in [0.4, 0.5) is 4.39 Å². The Morgan fingerprint density at radius 3 is 2.50 bits per heavy atom. The number of hydrogen-bond acceptors (Lipinski definition) is 3. The molecule has 1 aromatic carbocycles. The predicted octanol–water partition coefficient (Wildman–Crippen LogP) is 5.14. The zero-order chi connectivity index (χ0) is 22.6. The number of amides is 1. The number of carboxylic acid groups (broad SMARTS) is 1. The van der Waals surface area contributed by atoms with Crippen molar-refractivity contribution in [3.63, 3.8) is 0 Å². The van der Waals surface area contributed by atoms with Crippen LogP contribution in [0.25, 0.3) is 0 Å². The Bertz CT molecular complexity index is 913. The minimum absolute atomic E-state index is 0.0900. The standard InChI is InChI=1S/C26H34FNO4/c1-3-14(2)23(25(30)31)28-24(29)20-9-19(17-4-5-17)22(10-21(20)27)32-13-26-11-15-6-16(12-26)8-18(26)7-15/h9-10,14-18,23H,3-8,11-13H2,1-2H3,(H,28,29)(H,30,31)/t14-,15?,16?,18?,23-,26?/m0/s1. The summed E-state index contributed by atoms with van der Waals surface area (Å²) in [5, 5.41) is 12.0. The zero-order valence-corrected chi connectivity index (χ0v) is 19.0. The maximum Gasteiger partial charge on any atom is 0.326 e. The van der Waals surface area contributed by atoms with Gasteiger partial charge >= 0.3 is 5.97 Å². The first kappa shape index (κ1) is 21.7. The van der Waals surface area contributed by atoms with Gasteiger partial charge in [-0.25, -0.2) is 9.18 Å². The number of carbonyl (C=O) groups is 2. The van der Waals surface area contributed by atoms with E-state index < -0.39 is 23.7 Å². The summed E-state index contributed by atoms with van der Waals surface area (Å²) in [4.78, 5) is 24.4. The van der Waals surface area contributed by atoms with Crippen LogP contribution in [0.15, 0.2) is 12.1 Å². The fourth-order valence-electron chi connectivity index (χ4n) is 6.91. The molecule has 6 heteroatoms. The Morgan fingerprint density at radius 2 is 1.91 bits per heavy atom. The van der Waals surface area contributed by atoms with Gasteiger partial charge in [-0.05, 0) is 86.2 Å². The van der Waals surface area contributed by atoms with E-state index in [1.54, 1.807) is 13.0 Å². The average Bonchev–Trinajstić information content (AvgIpc) is 3.52. The molecule has 1 amide bonds. The van der Waals surface area contributed by atoms with Crippen molar-refractivity contribution < 1.29 is 23.8 Å². The molecule has 4 bridgehead atoms. The molecule has 4 atom stereocenters. The maximum atomic E-state index is 15.0. The smallest absolute Gasteiger partial charge is 0.326 e. The number of halogens is 1. The molecule has 2 unspecified atom stereocenters. The van der Waals surface area contributed by atoms with Crippen molar-refractivity contribution in [1.29, 1.82) is 0 Å². The van der Waals surface area contributed by atoms with Gasteiger partial charge < -0.3 is 15.2 Å². The van der Waals surface area contributed by atoms with Gasteiger partial charge in [-0.3, -0.25) is 4.79 Å². The Hall–Kier alpha value is -2.11. The molecule has 174 valence electrons. The molecule has 6 rings (SSSR count). The molecule has 0 spiro atoms. The molecule has 32 heavy (non-hydrogen) atoms. The molecular formula is C26H34FNO4. The maximum absolute atomic E-state index is 15.0. The van der Waals surface area contributed by atoms with E-state index in [1.165, 1.54) is 38.2 Å². The molecule has 0 radical (unpaired) electrons. The normalized spacial score (nSPS) is 32.0. The van der Waals surface area contributed by atoms with Crippen LogP contribution < -0.4 is 10.1 Å². The summed E-state index contributed by atoms with van der Waals surface area (Å²) in [6.07, 6.45) is 9.11. The van der Waals surface area contributed by atoms with E-state index >= 15 is 4.39 Å². The summed E-state index contributed by atoms with van der Waals surface area (Å²) in [7, 11) is 0. The number of nitrogens with one attached hydrogen (secondary N) is 1. The third kappa shape index (κ3) is 3.80. The van der Waals surface area contributed by atoms with Gasteiger partial charge in [0.05, 0.1) is 12.2 Å². The SMILES string of the molecule is CC[C@H](C)[C@H](NC(=O)c1cc(C2CC2)c(OCC23CC4CC(CC2C4)C3)cc1F)C(=O)O. The van der Waals surface area contributed by atoms with E-state index in [9.17, 15) is 14.7 Å². The van der Waals surface area contributed by atoms with Gasteiger partial charge in [0.15, 0.2) is 0 Å². The molecule has 0 aliphatic heterocycles. The second-order valence-corrected chi connectivity index (χ2v) is 11.0. The van der Waals surface area contributed by atoms with Crippen molar-refractivity contribution in [2.24, 2.45) is 29.1 Å². The van der Waals surface area contributed by atoms with Crippen LogP contribution in [0.1, 0.15) is 87.1 Å². The van der Waals surface area contributed by atoms with E-state index in [-0.39, 0.29) is 22.8 Å². The number of carboxylic acids is 1. The summed E-state index contributed by atoms with van der Waals surface area (Å²) >= 11 is 0. The van der Waals surface area contributed by atoms with Crippen LogP contribution in [0, 0.1) is 34.9 Å². The van der Waals surface area contributed by atoms with Crippen LogP contribution in [0.3, 0.4) is 0 Å². The quantitative estimate of drug-likeness (QED) is 0.554. The third-order valence-corrected chi connectivity index (χ3v) is 8.80. The fourth-order valence-corrected chi connectivity index (χ4v) is 6.91. The highest BCUT2D eigenvalue weighted by Crippen LogP contribution is 2.65. The van der Waals surface area contributed by atoms with E-state index in [4.69, 9.17) is 4.74 Å². The number of benzene rings is 1. The first-order valence-electron chi connectivity index (χ1n) is 12.3. The molecule has 5 aliphatic carbocycles. The monoisotopic (exact) mass is 443 g/mol. The van der Waals surface area contributed by atoms with Crippen molar-refractivity contribution in [2.45, 2.75) is 77.2 Å². The van der Waals surface area contributed by atoms with Crippen molar-refractivity contribution in [3.05, 3.63) is 29.1 Å². The Kier molecular flexibility index (Phi) is 5.45. The molecule has 5 saturated carbocycles. The van der Waals surface area contributed by atoms with Gasteiger partial charge in [0, 0.05) is 11.5 Å². The van der Waals surface area contributed by atoms with Crippen LogP contribution in [-0.4, -0.2) is 29.6 Å². The lowest BCUT2D eigenvalue weighted by molar-refractivity contribution is -0.140. The van der Waals surface area contributed by atoms with Gasteiger partial charge in [0.2, 0.25) is 0 Å². The van der Waals surface area contributed by atoms with Crippen LogP contribution in [-0.2, 0) is 4.79 Å². The second kappa shape index (κ2) is 8.03. The predicted molar refractivity (Wildman–Crippen MR) is 118 cm³/mol. The van der Waals surface area contributed by atoms with Crippen molar-refractivity contribution >= 4 is 11.9 Å². The van der Waals surface area contributed by atoms with Gasteiger partial charge in [0.25, 0.3) is 5.91 Å². The van der Waals surface area contributed by atoms with E-state index in [0.29, 0.717) is 18.8 Å². The van der Waals surface area contributed by atoms with Gasteiger partial charge in [-0.1, -0.05) is 20.3 Å². The van der Waals surface area contributed by atoms with Crippen LogP contribution in [0.2, 0.25) is 0 Å².